The molecule has 16 heavy (non-hydrogen) atoms. The zero-order valence-corrected chi connectivity index (χ0v) is 9.41. The minimum Gasteiger partial charge on any atom is -0.346 e. The fourth-order valence-corrected chi connectivity index (χ4v) is 1.27. The van der Waals surface area contributed by atoms with E-state index in [1.165, 1.54) is 0 Å². The average molecular weight is 227 g/mol. The number of amides is 1. The third-order valence-electron chi connectivity index (χ3n) is 2.15. The van der Waals surface area contributed by atoms with E-state index < -0.39 is 6.04 Å². The molecule has 0 unspecified atom stereocenters. The van der Waals surface area contributed by atoms with E-state index in [0.29, 0.717) is 25.8 Å². The Morgan fingerprint density at radius 1 is 1.38 bits per heavy atom. The summed E-state index contributed by atoms with van der Waals surface area (Å²) in [7, 11) is 0. The van der Waals surface area contributed by atoms with Gasteiger partial charge in [-0.3, -0.25) is 9.59 Å². The van der Waals surface area contributed by atoms with E-state index >= 15 is 0 Å². The number of aldehydes is 1. The van der Waals surface area contributed by atoms with Gasteiger partial charge < -0.3 is 15.8 Å². The molecule has 1 radical (unpaired) electrons. The number of carbonyl (C=O) groups is 2. The van der Waals surface area contributed by atoms with Gasteiger partial charge in [-0.1, -0.05) is 0 Å². The SMILES string of the molecule is NCCCC[C@@H]([C]=O)NC(=O)CCCC=O. The number of unbranched alkanes of at least 4 members (excludes halogenated alkanes) is 2. The van der Waals surface area contributed by atoms with Crippen LogP contribution in [-0.2, 0) is 14.4 Å². The summed E-state index contributed by atoms with van der Waals surface area (Å²) in [5.74, 6) is -0.206. The zero-order chi connectivity index (χ0) is 12.2. The van der Waals surface area contributed by atoms with Crippen LogP contribution in [0.15, 0.2) is 0 Å². The van der Waals surface area contributed by atoms with Crippen molar-refractivity contribution in [3.63, 3.8) is 0 Å². The van der Waals surface area contributed by atoms with Crippen molar-refractivity contribution in [1.82, 2.24) is 5.32 Å². The van der Waals surface area contributed by atoms with Gasteiger partial charge in [0.05, 0.1) is 6.04 Å². The Balaban J connectivity index is 3.69. The summed E-state index contributed by atoms with van der Waals surface area (Å²) < 4.78 is 0. The van der Waals surface area contributed by atoms with Gasteiger partial charge in [-0.15, -0.1) is 0 Å². The van der Waals surface area contributed by atoms with Crippen molar-refractivity contribution >= 4 is 18.5 Å². The molecular weight excluding hydrogens is 208 g/mol. The average Bonchev–Trinajstić information content (AvgIpc) is 2.28. The molecule has 0 saturated heterocycles. The second-order valence-electron chi connectivity index (χ2n) is 3.58. The lowest BCUT2D eigenvalue weighted by molar-refractivity contribution is -0.121. The first-order valence-electron chi connectivity index (χ1n) is 5.55. The first-order chi connectivity index (χ1) is 7.74. The molecule has 0 aromatic heterocycles. The number of carbonyl (C=O) groups excluding carboxylic acids is 3. The van der Waals surface area contributed by atoms with Crippen LogP contribution in [0, 0.1) is 0 Å². The van der Waals surface area contributed by atoms with E-state index in [1.807, 2.05) is 0 Å². The normalized spacial score (nSPS) is 11.8. The predicted octanol–water partition coefficient (Wildman–Crippen LogP) is 0.0791. The highest BCUT2D eigenvalue weighted by atomic mass is 16.2. The van der Waals surface area contributed by atoms with E-state index in [-0.39, 0.29) is 12.3 Å². The molecular formula is C11H19N2O3. The third-order valence-corrected chi connectivity index (χ3v) is 2.15. The maximum atomic E-state index is 11.3. The van der Waals surface area contributed by atoms with Crippen molar-refractivity contribution in [2.45, 2.75) is 44.6 Å². The zero-order valence-electron chi connectivity index (χ0n) is 9.41. The summed E-state index contributed by atoms with van der Waals surface area (Å²) in [4.78, 5) is 31.9. The Morgan fingerprint density at radius 3 is 2.69 bits per heavy atom. The number of hydrogen-bond donors (Lipinski definition) is 2. The summed E-state index contributed by atoms with van der Waals surface area (Å²) in [6.45, 7) is 0.582. The van der Waals surface area contributed by atoms with E-state index in [4.69, 9.17) is 5.73 Å². The minimum absolute atomic E-state index is 0.206. The van der Waals surface area contributed by atoms with Crippen LogP contribution in [0.4, 0.5) is 0 Å². The molecule has 1 atom stereocenters. The summed E-state index contributed by atoms with van der Waals surface area (Å²) in [6, 6.07) is -0.546. The molecule has 3 N–H and O–H groups in total. The lowest BCUT2D eigenvalue weighted by atomic mass is 10.1. The van der Waals surface area contributed by atoms with Gasteiger partial charge in [-0.2, -0.15) is 0 Å². The molecule has 0 aromatic rings. The van der Waals surface area contributed by atoms with Crippen LogP contribution in [0.5, 0.6) is 0 Å². The molecule has 0 aliphatic rings. The summed E-state index contributed by atoms with van der Waals surface area (Å²) in [6.07, 6.45) is 5.92. The molecule has 0 bridgehead atoms. The maximum Gasteiger partial charge on any atom is 0.222 e. The number of hydrogen-bond acceptors (Lipinski definition) is 4. The topological polar surface area (TPSA) is 89.3 Å². The van der Waals surface area contributed by atoms with Crippen molar-refractivity contribution in [2.75, 3.05) is 6.54 Å². The molecule has 0 aliphatic carbocycles. The van der Waals surface area contributed by atoms with Crippen molar-refractivity contribution < 1.29 is 14.4 Å². The van der Waals surface area contributed by atoms with Crippen molar-refractivity contribution in [3.8, 4) is 0 Å². The van der Waals surface area contributed by atoms with Crippen LogP contribution in [0.2, 0.25) is 0 Å². The molecule has 1 amide bonds. The first kappa shape index (κ1) is 14.8. The molecule has 5 heteroatoms. The second kappa shape index (κ2) is 10.3. The highest BCUT2D eigenvalue weighted by Crippen LogP contribution is 2.00. The lowest BCUT2D eigenvalue weighted by Crippen LogP contribution is -2.35. The predicted molar refractivity (Wildman–Crippen MR) is 60.4 cm³/mol. The summed E-state index contributed by atoms with van der Waals surface area (Å²) >= 11 is 0. The van der Waals surface area contributed by atoms with Crippen LogP contribution in [0.25, 0.3) is 0 Å². The molecule has 0 spiro atoms. The Bertz CT molecular complexity index is 219. The van der Waals surface area contributed by atoms with E-state index in [1.54, 1.807) is 6.29 Å². The van der Waals surface area contributed by atoms with Gasteiger partial charge in [0.15, 0.2) is 0 Å². The number of nitrogens with one attached hydrogen (secondary N) is 1. The van der Waals surface area contributed by atoms with Gasteiger partial charge >= 0.3 is 0 Å². The van der Waals surface area contributed by atoms with Crippen molar-refractivity contribution in [3.05, 3.63) is 0 Å². The van der Waals surface area contributed by atoms with Crippen LogP contribution in [-0.4, -0.2) is 31.1 Å². The van der Waals surface area contributed by atoms with Gasteiger partial charge in [-0.25, -0.2) is 0 Å². The smallest absolute Gasteiger partial charge is 0.222 e. The lowest BCUT2D eigenvalue weighted by Gasteiger charge is -2.11. The fourth-order valence-electron chi connectivity index (χ4n) is 1.27. The fraction of sp³-hybridized carbons (Fsp3) is 0.727. The number of rotatable bonds is 10. The largest absolute Gasteiger partial charge is 0.346 e. The van der Waals surface area contributed by atoms with Crippen LogP contribution in [0.3, 0.4) is 0 Å². The highest BCUT2D eigenvalue weighted by Gasteiger charge is 2.11. The summed E-state index contributed by atoms with van der Waals surface area (Å²) in [5.41, 5.74) is 5.32. The van der Waals surface area contributed by atoms with Gasteiger partial charge in [0, 0.05) is 12.8 Å². The van der Waals surface area contributed by atoms with Crippen LogP contribution >= 0.6 is 0 Å². The first-order valence-corrected chi connectivity index (χ1v) is 5.55. The number of nitrogens with two attached hydrogens (primary N) is 1. The molecule has 0 saturated carbocycles. The quantitative estimate of drug-likeness (QED) is 0.408. The molecule has 91 valence electrons. The Labute approximate surface area is 95.8 Å². The van der Waals surface area contributed by atoms with Crippen molar-refractivity contribution in [2.24, 2.45) is 5.73 Å². The van der Waals surface area contributed by atoms with Gasteiger partial charge in [0.1, 0.15) is 6.29 Å². The maximum absolute atomic E-state index is 11.3. The van der Waals surface area contributed by atoms with E-state index in [9.17, 15) is 14.4 Å². The molecule has 0 rings (SSSR count). The molecule has 0 fully saturated rings. The van der Waals surface area contributed by atoms with Gasteiger partial charge in [0.25, 0.3) is 0 Å². The van der Waals surface area contributed by atoms with E-state index in [2.05, 4.69) is 5.32 Å². The molecule has 5 nitrogen and oxygen atoms in total. The second-order valence-corrected chi connectivity index (χ2v) is 3.58. The van der Waals surface area contributed by atoms with Gasteiger partial charge in [0.2, 0.25) is 12.2 Å². The Kier molecular flexibility index (Phi) is 9.50. The third kappa shape index (κ3) is 8.11. The minimum atomic E-state index is -0.546. The Hall–Kier alpha value is -1.23. The molecule has 0 aliphatic heterocycles. The Morgan fingerprint density at radius 2 is 2.12 bits per heavy atom. The summed E-state index contributed by atoms with van der Waals surface area (Å²) in [5, 5.41) is 2.57. The van der Waals surface area contributed by atoms with E-state index in [0.717, 1.165) is 19.1 Å². The van der Waals surface area contributed by atoms with Crippen LogP contribution in [0.1, 0.15) is 38.5 Å². The van der Waals surface area contributed by atoms with Crippen molar-refractivity contribution in [1.29, 1.82) is 0 Å². The monoisotopic (exact) mass is 227 g/mol. The van der Waals surface area contributed by atoms with Crippen LogP contribution < -0.4 is 11.1 Å². The molecule has 0 aromatic carbocycles. The highest BCUT2D eigenvalue weighted by molar-refractivity contribution is 5.79. The van der Waals surface area contributed by atoms with Gasteiger partial charge in [-0.05, 0) is 32.2 Å². The molecule has 0 heterocycles. The standard InChI is InChI=1S/C11H19N2O3/c12-7-3-1-5-10(9-15)13-11(16)6-2-4-8-14/h8,10H,1-7,12H2,(H,13,16)/t10-/m0/s1.